The van der Waals surface area contributed by atoms with E-state index in [-0.39, 0.29) is 11.6 Å². The lowest BCUT2D eigenvalue weighted by atomic mass is 9.97. The molecule has 0 saturated carbocycles. The van der Waals surface area contributed by atoms with E-state index in [4.69, 9.17) is 16.3 Å². The lowest BCUT2D eigenvalue weighted by Gasteiger charge is -2.39. The van der Waals surface area contributed by atoms with E-state index in [1.165, 1.54) is 6.42 Å². The Morgan fingerprint density at radius 1 is 1.29 bits per heavy atom. The molecule has 5 rings (SSSR count). The van der Waals surface area contributed by atoms with Gasteiger partial charge in [0.25, 0.3) is 6.47 Å². The van der Waals surface area contributed by atoms with Crippen LogP contribution in [0.3, 0.4) is 0 Å². The van der Waals surface area contributed by atoms with Crippen LogP contribution in [0.5, 0.6) is 5.75 Å². The summed E-state index contributed by atoms with van der Waals surface area (Å²) in [6.45, 7) is 20.2. The Labute approximate surface area is 292 Å². The van der Waals surface area contributed by atoms with Crippen LogP contribution in [-0.4, -0.2) is 95.5 Å². The van der Waals surface area contributed by atoms with Crippen molar-refractivity contribution in [2.45, 2.75) is 84.9 Å². The van der Waals surface area contributed by atoms with Gasteiger partial charge in [0, 0.05) is 80.8 Å². The highest BCUT2D eigenvalue weighted by Gasteiger charge is 2.32. The Kier molecular flexibility index (Phi) is 15.8. The van der Waals surface area contributed by atoms with Gasteiger partial charge in [-0.2, -0.15) is 0 Å². The molecule has 11 heteroatoms. The number of rotatable bonds is 6. The molecule has 2 saturated heterocycles. The number of allylic oxidation sites excluding steroid dienone is 1. The van der Waals surface area contributed by atoms with Crippen LogP contribution in [0.1, 0.15) is 64.6 Å². The largest absolute Gasteiger partial charge is 0.493 e. The van der Waals surface area contributed by atoms with Gasteiger partial charge in [0.05, 0.1) is 18.6 Å². The van der Waals surface area contributed by atoms with Crippen LogP contribution in [0.25, 0.3) is 0 Å². The number of piperidine rings is 1. The smallest absolute Gasteiger partial charge is 0.293 e. The van der Waals surface area contributed by atoms with Gasteiger partial charge in [-0.3, -0.25) is 19.5 Å². The van der Waals surface area contributed by atoms with E-state index in [0.29, 0.717) is 29.9 Å². The van der Waals surface area contributed by atoms with Gasteiger partial charge in [-0.05, 0) is 77.6 Å². The molecule has 4 heterocycles. The van der Waals surface area contributed by atoms with Gasteiger partial charge in [-0.1, -0.05) is 37.2 Å². The quantitative estimate of drug-likeness (QED) is 0.380. The van der Waals surface area contributed by atoms with Crippen LogP contribution in [-0.2, 0) is 27.3 Å². The number of amides is 1. The van der Waals surface area contributed by atoms with E-state index in [9.17, 15) is 9.59 Å². The number of nitrogens with one attached hydrogen (secondary N) is 1. The third kappa shape index (κ3) is 13.2. The fourth-order valence-corrected chi connectivity index (χ4v) is 5.81. The summed E-state index contributed by atoms with van der Waals surface area (Å²) in [7, 11) is 2.05. The number of hydrogen-bond acceptors (Lipinski definition) is 8. The number of likely N-dealkylation sites (tertiary alicyclic amines) is 1. The molecule has 2 aromatic rings. The maximum absolute atomic E-state index is 12.8. The number of aromatic nitrogens is 2. The van der Waals surface area contributed by atoms with Crippen LogP contribution in [0, 0.1) is 12.8 Å². The minimum Gasteiger partial charge on any atom is -0.493 e. The van der Waals surface area contributed by atoms with Crippen LogP contribution >= 0.6 is 11.6 Å². The molecule has 2 fully saturated rings. The number of hydrogen-bond donors (Lipinski definition) is 1. The van der Waals surface area contributed by atoms with E-state index >= 15 is 0 Å². The van der Waals surface area contributed by atoms with Gasteiger partial charge in [-0.15, -0.1) is 0 Å². The number of benzene rings is 1. The Balaban J connectivity index is 0.000000220. The monoisotopic (exact) mass is 682 g/mol. The van der Waals surface area contributed by atoms with E-state index in [1.807, 2.05) is 64.5 Å². The number of carbonyl (C=O) groups is 2. The summed E-state index contributed by atoms with van der Waals surface area (Å²) in [6, 6.07) is 5.75. The Morgan fingerprint density at radius 3 is 2.73 bits per heavy atom. The molecule has 10 nitrogen and oxygen atoms in total. The van der Waals surface area contributed by atoms with Crippen molar-refractivity contribution >= 4 is 29.7 Å². The molecule has 2 atom stereocenters. The molecule has 3 aliphatic rings. The maximum atomic E-state index is 12.8. The molecular weight excluding hydrogens is 628 g/mol. The van der Waals surface area contributed by atoms with Gasteiger partial charge in [0.15, 0.2) is 0 Å². The highest BCUT2D eigenvalue weighted by atomic mass is 35.5. The predicted octanol–water partition coefficient (Wildman–Crippen LogP) is 5.88. The zero-order valence-electron chi connectivity index (χ0n) is 29.7. The molecule has 264 valence electrons. The first-order valence-corrected chi connectivity index (χ1v) is 17.4. The third-order valence-corrected chi connectivity index (χ3v) is 8.52. The van der Waals surface area contributed by atoms with Gasteiger partial charge in [-0.25, -0.2) is 4.98 Å². The Morgan fingerprint density at radius 2 is 2.08 bits per heavy atom. The first-order chi connectivity index (χ1) is 22.9. The predicted molar refractivity (Wildman–Crippen MR) is 194 cm³/mol. The van der Waals surface area contributed by atoms with Crippen molar-refractivity contribution < 1.29 is 19.1 Å². The molecular formula is C37H55ClN6O4. The van der Waals surface area contributed by atoms with Crippen molar-refractivity contribution in [3.63, 3.8) is 0 Å². The minimum absolute atomic E-state index is 0.00277. The summed E-state index contributed by atoms with van der Waals surface area (Å²) in [5, 5.41) is 4.03. The number of likely N-dealkylation sites (N-methyl/N-ethyl adjacent to an activating group) is 1. The van der Waals surface area contributed by atoms with Gasteiger partial charge in [0.2, 0.25) is 5.91 Å². The van der Waals surface area contributed by atoms with E-state index in [2.05, 4.69) is 61.1 Å². The molecule has 1 aromatic heterocycles. The van der Waals surface area contributed by atoms with Gasteiger partial charge in [0.1, 0.15) is 17.4 Å². The molecule has 0 unspecified atom stereocenters. The number of fused-ring (bicyclic) bond motifs is 1. The summed E-state index contributed by atoms with van der Waals surface area (Å²) in [5.41, 5.74) is 3.91. The molecule has 0 bridgehead atoms. The zero-order valence-corrected chi connectivity index (χ0v) is 30.5. The van der Waals surface area contributed by atoms with Gasteiger partial charge < -0.3 is 24.3 Å². The van der Waals surface area contributed by atoms with Crippen molar-refractivity contribution in [2.24, 2.45) is 10.9 Å². The van der Waals surface area contributed by atoms with Crippen molar-refractivity contribution in [3.8, 4) is 5.75 Å². The van der Waals surface area contributed by atoms with E-state index in [1.54, 1.807) is 0 Å². The van der Waals surface area contributed by atoms with Crippen molar-refractivity contribution in [3.05, 3.63) is 71.4 Å². The number of carbonyl (C=O) groups excluding carboxylic acids is 2. The number of imidazole rings is 1. The standard InChI is InChI=1S/C16H18ClNO.C16H27N5O.C5H10O2/c1-3-4-8-18-15-10-13-5-6-14(17)11-16(13)19-9-7-12(15)2;1-13-9-20(12-18-13)10-14-4-3-6-21(11-14)16(22)15-8-17-5-7-19(15)2;1-5(2,3)7-4-6/h4-6,8,11H,2-3,7,9-10H2,1H3;9,12,14-15,17H,3-8,10-11H2,1-2H3;4H,1-3H3/b8-4-,18-15?;;/t;14-,15-;/m.0./s1. The maximum Gasteiger partial charge on any atom is 0.293 e. The fraction of sp³-hybridized carbons (Fsp3) is 0.568. The zero-order chi connectivity index (χ0) is 35.1. The molecule has 1 amide bonds. The second-order valence-corrected chi connectivity index (χ2v) is 14.0. The van der Waals surface area contributed by atoms with Crippen LogP contribution < -0.4 is 10.1 Å². The second-order valence-electron chi connectivity index (χ2n) is 13.5. The average Bonchev–Trinajstić information content (AvgIpc) is 3.45. The average molecular weight is 683 g/mol. The van der Waals surface area contributed by atoms with Crippen LogP contribution in [0.15, 0.2) is 60.1 Å². The SMILES string of the molecule is C=C1CCOc2cc(Cl)ccc2CC1=N/C=C\CC.CC(C)(C)OC=O.Cc1cn(C[C@@H]2CCCN(C(=O)[C@@H]3CNCCN3C)C2)cn1. The molecule has 0 spiro atoms. The number of piperazine rings is 1. The highest BCUT2D eigenvalue weighted by Crippen LogP contribution is 2.27. The van der Waals surface area contributed by atoms with Crippen molar-refractivity contribution in [2.75, 3.05) is 46.4 Å². The summed E-state index contributed by atoms with van der Waals surface area (Å²) >= 11 is 6.00. The topological polar surface area (TPSA) is 101 Å². The molecule has 48 heavy (non-hydrogen) atoms. The van der Waals surface area contributed by atoms with Crippen LogP contribution in [0.2, 0.25) is 5.02 Å². The van der Waals surface area contributed by atoms with E-state index < -0.39 is 0 Å². The summed E-state index contributed by atoms with van der Waals surface area (Å²) in [4.78, 5) is 35.5. The summed E-state index contributed by atoms with van der Waals surface area (Å²) in [6.07, 6.45) is 12.7. The lowest BCUT2D eigenvalue weighted by Crippen LogP contribution is -2.58. The molecule has 3 aliphatic heterocycles. The lowest BCUT2D eigenvalue weighted by molar-refractivity contribution is -0.139. The summed E-state index contributed by atoms with van der Waals surface area (Å²) < 4.78 is 12.4. The first-order valence-electron chi connectivity index (χ1n) is 17.0. The Hall–Kier alpha value is -3.47. The first kappa shape index (κ1) is 39.0. The molecule has 0 aliphatic carbocycles. The number of aryl methyl sites for hydroxylation is 1. The number of ether oxygens (including phenoxy) is 2. The highest BCUT2D eigenvalue weighted by molar-refractivity contribution is 6.30. The number of aliphatic imine (C=N–C) groups is 1. The van der Waals surface area contributed by atoms with Crippen LogP contribution in [0.4, 0.5) is 0 Å². The van der Waals surface area contributed by atoms with Crippen molar-refractivity contribution in [1.29, 1.82) is 0 Å². The molecule has 1 N–H and O–H groups in total. The molecule has 0 radical (unpaired) electrons. The minimum atomic E-state index is -0.318. The normalized spacial score (nSPS) is 21.1. The fourth-order valence-electron chi connectivity index (χ4n) is 5.65. The van der Waals surface area contributed by atoms with Gasteiger partial charge >= 0.3 is 0 Å². The second kappa shape index (κ2) is 19.5. The van der Waals surface area contributed by atoms with E-state index in [0.717, 1.165) is 93.2 Å². The third-order valence-electron chi connectivity index (χ3n) is 8.29. The van der Waals surface area contributed by atoms with Crippen molar-refractivity contribution in [1.82, 2.24) is 24.7 Å². The number of halogens is 1. The molecule has 1 aromatic carbocycles. The number of nitrogens with zero attached hydrogens (tertiary/aromatic N) is 5. The Bertz CT molecular complexity index is 1400. The summed E-state index contributed by atoms with van der Waals surface area (Å²) in [5.74, 6) is 1.68.